The summed E-state index contributed by atoms with van der Waals surface area (Å²) >= 11 is 0. The van der Waals surface area contributed by atoms with Gasteiger partial charge in [0.15, 0.2) is 0 Å². The Morgan fingerprint density at radius 2 is 1.64 bits per heavy atom. The van der Waals surface area contributed by atoms with Crippen LogP contribution in [0.2, 0.25) is 0 Å². The van der Waals surface area contributed by atoms with Gasteiger partial charge >= 0.3 is 5.97 Å². The molecule has 28 heavy (non-hydrogen) atoms. The number of hydrogen-bond donors (Lipinski definition) is 2. The van der Waals surface area contributed by atoms with Crippen LogP contribution >= 0.6 is 0 Å². The molecule has 1 atom stereocenters. The Morgan fingerprint density at radius 3 is 2.21 bits per heavy atom. The van der Waals surface area contributed by atoms with Gasteiger partial charge in [0, 0.05) is 31.8 Å². The van der Waals surface area contributed by atoms with E-state index in [-0.39, 0.29) is 18.9 Å². The Hall–Kier alpha value is -3.35. The minimum Gasteiger partial charge on any atom is -0.496 e. The van der Waals surface area contributed by atoms with E-state index in [1.807, 2.05) is 12.1 Å². The zero-order valence-corrected chi connectivity index (χ0v) is 16.1. The number of carboxylic acids is 1. The van der Waals surface area contributed by atoms with E-state index in [1.165, 1.54) is 12.0 Å². The lowest BCUT2D eigenvalue weighted by Crippen LogP contribution is -2.34. The molecule has 0 aliphatic carbocycles. The lowest BCUT2D eigenvalue weighted by molar-refractivity contribution is -0.141. The van der Waals surface area contributed by atoms with Gasteiger partial charge in [-0.25, -0.2) is 0 Å². The van der Waals surface area contributed by atoms with Gasteiger partial charge in [-0.05, 0) is 42.3 Å². The van der Waals surface area contributed by atoms with Gasteiger partial charge in [0.2, 0.25) is 0 Å². The average molecular weight is 384 g/mol. The summed E-state index contributed by atoms with van der Waals surface area (Å²) in [6.07, 6.45) is 0.232. The summed E-state index contributed by atoms with van der Waals surface area (Å²) in [5, 5.41) is 12.2. The van der Waals surface area contributed by atoms with Gasteiger partial charge in [-0.1, -0.05) is 18.2 Å². The smallest absolute Gasteiger partial charge is 0.308 e. The highest BCUT2D eigenvalue weighted by molar-refractivity contribution is 5.97. The van der Waals surface area contributed by atoms with Gasteiger partial charge < -0.3 is 20.1 Å². The Balaban J connectivity index is 2.02. The van der Waals surface area contributed by atoms with E-state index in [0.29, 0.717) is 16.9 Å². The molecule has 0 fully saturated rings. The normalized spacial score (nSPS) is 11.4. The molecule has 2 N–H and O–H groups in total. The monoisotopic (exact) mass is 384 g/mol. The summed E-state index contributed by atoms with van der Waals surface area (Å²) in [6.45, 7) is -0.0232. The molecule has 2 rings (SSSR count). The van der Waals surface area contributed by atoms with Crippen molar-refractivity contribution in [1.29, 1.82) is 0 Å². The molecular formula is C21H24N2O5. The Kier molecular flexibility index (Phi) is 7.14. The molecule has 0 radical (unpaired) electrons. The minimum absolute atomic E-state index is 0.0232. The van der Waals surface area contributed by atoms with Crippen LogP contribution in [-0.2, 0) is 11.2 Å². The molecule has 2 aromatic rings. The molecule has 2 amide bonds. The molecule has 0 aromatic heterocycles. The van der Waals surface area contributed by atoms with Crippen LogP contribution in [0.3, 0.4) is 0 Å². The van der Waals surface area contributed by atoms with E-state index in [4.69, 9.17) is 4.74 Å². The van der Waals surface area contributed by atoms with Gasteiger partial charge in [-0.2, -0.15) is 0 Å². The van der Waals surface area contributed by atoms with Crippen molar-refractivity contribution < 1.29 is 24.2 Å². The second kappa shape index (κ2) is 9.55. The number of para-hydroxylation sites is 1. The van der Waals surface area contributed by atoms with Crippen molar-refractivity contribution in [3.8, 4) is 5.75 Å². The van der Waals surface area contributed by atoms with E-state index in [0.717, 1.165) is 5.56 Å². The number of carbonyl (C=O) groups is 3. The van der Waals surface area contributed by atoms with Crippen LogP contribution in [0.25, 0.3) is 0 Å². The SMILES string of the molecule is COc1ccccc1CC(CNC(=O)c1ccc(C(=O)N(C)C)cc1)C(=O)O. The summed E-state index contributed by atoms with van der Waals surface area (Å²) in [5.74, 6) is -1.74. The Morgan fingerprint density at radius 1 is 1.04 bits per heavy atom. The third-order valence-corrected chi connectivity index (χ3v) is 4.32. The van der Waals surface area contributed by atoms with E-state index in [2.05, 4.69) is 5.32 Å². The quantitative estimate of drug-likeness (QED) is 0.726. The van der Waals surface area contributed by atoms with E-state index in [9.17, 15) is 19.5 Å². The number of nitrogens with zero attached hydrogens (tertiary/aromatic N) is 1. The first-order chi connectivity index (χ1) is 13.3. The lowest BCUT2D eigenvalue weighted by Gasteiger charge is -2.16. The van der Waals surface area contributed by atoms with E-state index >= 15 is 0 Å². The van der Waals surface area contributed by atoms with Crippen molar-refractivity contribution in [3.63, 3.8) is 0 Å². The molecule has 0 aliphatic heterocycles. The average Bonchev–Trinajstić information content (AvgIpc) is 2.70. The molecule has 0 saturated carbocycles. The Bertz CT molecular complexity index is 846. The highest BCUT2D eigenvalue weighted by atomic mass is 16.5. The molecule has 1 unspecified atom stereocenters. The molecule has 7 nitrogen and oxygen atoms in total. The fourth-order valence-corrected chi connectivity index (χ4v) is 2.72. The van der Waals surface area contributed by atoms with Crippen LogP contribution in [0.4, 0.5) is 0 Å². The predicted octanol–water partition coefficient (Wildman–Crippen LogP) is 2.07. The topological polar surface area (TPSA) is 95.9 Å². The van der Waals surface area contributed by atoms with Gasteiger partial charge in [0.25, 0.3) is 11.8 Å². The number of hydrogen-bond acceptors (Lipinski definition) is 4. The van der Waals surface area contributed by atoms with Crippen molar-refractivity contribution >= 4 is 17.8 Å². The standard InChI is InChI=1S/C21H24N2O5/c1-23(2)20(25)15-10-8-14(9-11-15)19(24)22-13-17(21(26)27)12-16-6-4-5-7-18(16)28-3/h4-11,17H,12-13H2,1-3H3,(H,22,24)(H,26,27). The number of amides is 2. The van der Waals surface area contributed by atoms with Gasteiger partial charge in [0.05, 0.1) is 13.0 Å². The molecule has 7 heteroatoms. The van der Waals surface area contributed by atoms with E-state index in [1.54, 1.807) is 50.5 Å². The van der Waals surface area contributed by atoms with Gasteiger partial charge in [-0.3, -0.25) is 14.4 Å². The fourth-order valence-electron chi connectivity index (χ4n) is 2.72. The summed E-state index contributed by atoms with van der Waals surface area (Å²) in [7, 11) is 4.83. The number of ether oxygens (including phenoxy) is 1. The van der Waals surface area contributed by atoms with Gasteiger partial charge in [0.1, 0.15) is 5.75 Å². The lowest BCUT2D eigenvalue weighted by atomic mass is 9.98. The fraction of sp³-hybridized carbons (Fsp3) is 0.286. The van der Waals surface area contributed by atoms with Crippen LogP contribution in [0.5, 0.6) is 5.75 Å². The number of nitrogens with one attached hydrogen (secondary N) is 1. The first-order valence-corrected chi connectivity index (χ1v) is 8.78. The van der Waals surface area contributed by atoms with Crippen LogP contribution in [0.1, 0.15) is 26.3 Å². The summed E-state index contributed by atoms with van der Waals surface area (Å²) < 4.78 is 5.26. The highest BCUT2D eigenvalue weighted by Gasteiger charge is 2.21. The first-order valence-electron chi connectivity index (χ1n) is 8.78. The molecule has 2 aromatic carbocycles. The molecule has 148 valence electrons. The van der Waals surface area contributed by atoms with Crippen molar-refractivity contribution in [2.45, 2.75) is 6.42 Å². The molecular weight excluding hydrogens is 360 g/mol. The van der Waals surface area contributed by atoms with Gasteiger partial charge in [-0.15, -0.1) is 0 Å². The number of aliphatic carboxylic acids is 1. The maximum absolute atomic E-state index is 12.3. The maximum atomic E-state index is 12.3. The van der Waals surface area contributed by atoms with Crippen molar-refractivity contribution in [1.82, 2.24) is 10.2 Å². The number of rotatable bonds is 8. The second-order valence-electron chi connectivity index (χ2n) is 6.54. The zero-order chi connectivity index (χ0) is 20.7. The maximum Gasteiger partial charge on any atom is 0.308 e. The second-order valence-corrected chi connectivity index (χ2v) is 6.54. The molecule has 0 spiro atoms. The third-order valence-electron chi connectivity index (χ3n) is 4.32. The Labute approximate surface area is 163 Å². The number of methoxy groups -OCH3 is 1. The first kappa shape index (κ1) is 21.0. The summed E-state index contributed by atoms with van der Waals surface area (Å²) in [5.41, 5.74) is 1.59. The molecule has 0 aliphatic rings. The third kappa shape index (κ3) is 5.33. The number of carboxylic acid groups (broad SMARTS) is 1. The molecule has 0 bridgehead atoms. The largest absolute Gasteiger partial charge is 0.496 e. The van der Waals surface area contributed by atoms with Crippen LogP contribution < -0.4 is 10.1 Å². The van der Waals surface area contributed by atoms with Crippen molar-refractivity contribution in [2.75, 3.05) is 27.7 Å². The van der Waals surface area contributed by atoms with Crippen LogP contribution in [-0.4, -0.2) is 55.5 Å². The van der Waals surface area contributed by atoms with Crippen LogP contribution in [0.15, 0.2) is 48.5 Å². The highest BCUT2D eigenvalue weighted by Crippen LogP contribution is 2.21. The molecule has 0 saturated heterocycles. The minimum atomic E-state index is -1.00. The molecule has 0 heterocycles. The van der Waals surface area contributed by atoms with Crippen LogP contribution in [0, 0.1) is 5.92 Å². The van der Waals surface area contributed by atoms with E-state index < -0.39 is 17.8 Å². The zero-order valence-electron chi connectivity index (χ0n) is 16.1. The predicted molar refractivity (Wildman–Crippen MR) is 105 cm³/mol. The summed E-state index contributed by atoms with van der Waals surface area (Å²) in [4.78, 5) is 37.3. The van der Waals surface area contributed by atoms with Crippen molar-refractivity contribution in [2.24, 2.45) is 5.92 Å². The number of carbonyl (C=O) groups excluding carboxylic acids is 2. The summed E-state index contributed by atoms with van der Waals surface area (Å²) in [6, 6.07) is 13.4. The van der Waals surface area contributed by atoms with Crippen molar-refractivity contribution in [3.05, 3.63) is 65.2 Å². The number of benzene rings is 2.